The summed E-state index contributed by atoms with van der Waals surface area (Å²) in [6.07, 6.45) is 1.71. The van der Waals surface area contributed by atoms with Gasteiger partial charge in [-0.25, -0.2) is 10.4 Å². The van der Waals surface area contributed by atoms with Crippen LogP contribution in [0.4, 0.5) is 0 Å². The van der Waals surface area contributed by atoms with E-state index in [0.29, 0.717) is 6.61 Å². The molecule has 0 saturated carbocycles. The molecule has 2 aromatic rings. The number of carbonyl (C=O) groups excluding carboxylic acids is 1. The predicted octanol–water partition coefficient (Wildman–Crippen LogP) is 3.50. The molecule has 1 N–H and O–H groups in total. The van der Waals surface area contributed by atoms with E-state index in [1.165, 1.54) is 11.8 Å². The zero-order valence-corrected chi connectivity index (χ0v) is 14.8. The fraction of sp³-hybridized carbons (Fsp3) is 0.278. The van der Waals surface area contributed by atoms with Crippen LogP contribution in [0.2, 0.25) is 0 Å². The van der Waals surface area contributed by atoms with Gasteiger partial charge in [0.15, 0.2) is 0 Å². The second-order valence-corrected chi connectivity index (χ2v) is 6.42. The second-order valence-electron chi connectivity index (χ2n) is 5.06. The third-order valence-corrected chi connectivity index (χ3v) is 4.27. The monoisotopic (exact) mass is 343 g/mol. The van der Waals surface area contributed by atoms with Crippen molar-refractivity contribution in [3.05, 3.63) is 54.2 Å². The van der Waals surface area contributed by atoms with Gasteiger partial charge in [0, 0.05) is 6.20 Å². The van der Waals surface area contributed by atoms with Crippen molar-refractivity contribution in [1.29, 1.82) is 0 Å². The van der Waals surface area contributed by atoms with Crippen molar-refractivity contribution in [2.24, 2.45) is 5.10 Å². The summed E-state index contributed by atoms with van der Waals surface area (Å²) in [6, 6.07) is 13.2. The Morgan fingerprint density at radius 1 is 1.29 bits per heavy atom. The summed E-state index contributed by atoms with van der Waals surface area (Å²) in [7, 11) is 0. The first-order chi connectivity index (χ1) is 11.6. The van der Waals surface area contributed by atoms with E-state index in [2.05, 4.69) is 15.5 Å². The summed E-state index contributed by atoms with van der Waals surface area (Å²) in [5, 5.41) is 4.71. The smallest absolute Gasteiger partial charge is 0.253 e. The lowest BCUT2D eigenvalue weighted by Crippen LogP contribution is -2.27. The molecule has 0 unspecified atom stereocenters. The van der Waals surface area contributed by atoms with Crippen molar-refractivity contribution in [3.8, 4) is 5.75 Å². The fourth-order valence-corrected chi connectivity index (χ4v) is 2.71. The number of hydrazone groups is 1. The number of thioether (sulfide) groups is 1. The molecule has 0 fully saturated rings. The number of hydrogen-bond donors (Lipinski definition) is 1. The Bertz CT molecular complexity index is 687. The summed E-state index contributed by atoms with van der Waals surface area (Å²) >= 11 is 1.40. The molecule has 1 aromatic carbocycles. The van der Waals surface area contributed by atoms with Gasteiger partial charge in [-0.15, -0.1) is 0 Å². The highest BCUT2D eigenvalue weighted by atomic mass is 32.2. The number of carbonyl (C=O) groups is 1. The minimum absolute atomic E-state index is 0.157. The Labute approximate surface area is 146 Å². The lowest BCUT2D eigenvalue weighted by atomic mass is 10.1. The standard InChI is InChI=1S/C18H21N3O2S/c1-4-23-16-10-8-15(9-11-16)13(2)20-21-18(22)14(3)24-17-7-5-6-12-19-17/h5-12,14H,4H2,1-3H3,(H,21,22)/b20-13-/t14-/m0/s1. The number of ether oxygens (including phenoxy) is 1. The van der Waals surface area contributed by atoms with Crippen LogP contribution in [0.3, 0.4) is 0 Å². The zero-order valence-electron chi connectivity index (χ0n) is 14.0. The molecular weight excluding hydrogens is 322 g/mol. The number of nitrogens with zero attached hydrogens (tertiary/aromatic N) is 2. The maximum absolute atomic E-state index is 12.1. The van der Waals surface area contributed by atoms with E-state index < -0.39 is 0 Å². The Hall–Kier alpha value is -2.34. The van der Waals surface area contributed by atoms with Gasteiger partial charge in [0.1, 0.15) is 5.75 Å². The number of hydrogen-bond acceptors (Lipinski definition) is 5. The number of amides is 1. The van der Waals surface area contributed by atoms with Gasteiger partial charge in [-0.05, 0) is 62.7 Å². The van der Waals surface area contributed by atoms with Gasteiger partial charge in [0.2, 0.25) is 0 Å². The molecule has 126 valence electrons. The summed E-state index contributed by atoms with van der Waals surface area (Å²) in [5.74, 6) is 0.661. The van der Waals surface area contributed by atoms with Crippen LogP contribution in [0.25, 0.3) is 0 Å². The normalized spacial score (nSPS) is 12.5. The minimum atomic E-state index is -0.281. The van der Waals surface area contributed by atoms with Crippen LogP contribution >= 0.6 is 11.8 Å². The summed E-state index contributed by atoms with van der Waals surface area (Å²) in [6.45, 7) is 6.26. The predicted molar refractivity (Wildman–Crippen MR) is 97.5 cm³/mol. The average Bonchev–Trinajstić information content (AvgIpc) is 2.61. The molecule has 0 bridgehead atoms. The molecule has 0 saturated heterocycles. The molecule has 0 spiro atoms. The molecule has 1 heterocycles. The van der Waals surface area contributed by atoms with E-state index in [1.54, 1.807) is 6.20 Å². The molecule has 6 heteroatoms. The first-order valence-electron chi connectivity index (χ1n) is 7.75. The molecule has 1 atom stereocenters. The van der Waals surface area contributed by atoms with Gasteiger partial charge < -0.3 is 4.74 Å². The Kier molecular flexibility index (Phi) is 6.81. The van der Waals surface area contributed by atoms with Crippen molar-refractivity contribution >= 4 is 23.4 Å². The van der Waals surface area contributed by atoms with Gasteiger partial charge in [-0.3, -0.25) is 4.79 Å². The lowest BCUT2D eigenvalue weighted by Gasteiger charge is -2.09. The minimum Gasteiger partial charge on any atom is -0.494 e. The van der Waals surface area contributed by atoms with Crippen LogP contribution in [0.1, 0.15) is 26.3 Å². The molecule has 0 aliphatic heterocycles. The highest BCUT2D eigenvalue weighted by Gasteiger charge is 2.14. The van der Waals surface area contributed by atoms with Crippen molar-refractivity contribution in [1.82, 2.24) is 10.4 Å². The van der Waals surface area contributed by atoms with E-state index in [-0.39, 0.29) is 11.2 Å². The Morgan fingerprint density at radius 3 is 2.67 bits per heavy atom. The van der Waals surface area contributed by atoms with Crippen molar-refractivity contribution in [3.63, 3.8) is 0 Å². The maximum atomic E-state index is 12.1. The molecule has 1 aromatic heterocycles. The van der Waals surface area contributed by atoms with Crippen LogP contribution < -0.4 is 10.2 Å². The van der Waals surface area contributed by atoms with Crippen molar-refractivity contribution in [2.75, 3.05) is 6.61 Å². The summed E-state index contributed by atoms with van der Waals surface area (Å²) in [4.78, 5) is 16.3. The molecule has 0 radical (unpaired) electrons. The van der Waals surface area contributed by atoms with Crippen molar-refractivity contribution in [2.45, 2.75) is 31.0 Å². The highest BCUT2D eigenvalue weighted by molar-refractivity contribution is 8.00. The molecule has 2 rings (SSSR count). The Morgan fingerprint density at radius 2 is 2.04 bits per heavy atom. The first-order valence-corrected chi connectivity index (χ1v) is 8.63. The fourth-order valence-electron chi connectivity index (χ4n) is 1.90. The van der Waals surface area contributed by atoms with Crippen LogP contribution in [-0.2, 0) is 4.79 Å². The van der Waals surface area contributed by atoms with Gasteiger partial charge >= 0.3 is 0 Å². The number of benzene rings is 1. The third kappa shape index (κ3) is 5.38. The molecular formula is C18H21N3O2S. The van der Waals surface area contributed by atoms with E-state index in [4.69, 9.17) is 4.74 Å². The maximum Gasteiger partial charge on any atom is 0.253 e. The lowest BCUT2D eigenvalue weighted by molar-refractivity contribution is -0.120. The number of aromatic nitrogens is 1. The quantitative estimate of drug-likeness (QED) is 0.475. The van der Waals surface area contributed by atoms with Gasteiger partial charge in [-0.1, -0.05) is 17.8 Å². The average molecular weight is 343 g/mol. The van der Waals surface area contributed by atoms with Crippen LogP contribution in [0.15, 0.2) is 58.8 Å². The van der Waals surface area contributed by atoms with Crippen LogP contribution in [0, 0.1) is 0 Å². The summed E-state index contributed by atoms with van der Waals surface area (Å²) in [5.41, 5.74) is 4.28. The Balaban J connectivity index is 1.92. The molecule has 0 aliphatic carbocycles. The molecule has 24 heavy (non-hydrogen) atoms. The highest BCUT2D eigenvalue weighted by Crippen LogP contribution is 2.20. The van der Waals surface area contributed by atoms with Gasteiger partial charge in [0.05, 0.1) is 22.6 Å². The molecule has 1 amide bonds. The van der Waals surface area contributed by atoms with Crippen molar-refractivity contribution < 1.29 is 9.53 Å². The SMILES string of the molecule is CCOc1ccc(/C(C)=N\NC(=O)[C@H](C)Sc2ccccn2)cc1. The van der Waals surface area contributed by atoms with E-state index in [9.17, 15) is 4.79 Å². The van der Waals surface area contributed by atoms with Crippen LogP contribution in [0.5, 0.6) is 5.75 Å². The van der Waals surface area contributed by atoms with E-state index >= 15 is 0 Å². The van der Waals surface area contributed by atoms with Crippen LogP contribution in [-0.4, -0.2) is 28.5 Å². The van der Waals surface area contributed by atoms with E-state index in [0.717, 1.165) is 22.1 Å². The number of pyridine rings is 1. The first kappa shape index (κ1) is 18.0. The topological polar surface area (TPSA) is 63.6 Å². The third-order valence-electron chi connectivity index (χ3n) is 3.22. The zero-order chi connectivity index (χ0) is 17.4. The van der Waals surface area contributed by atoms with E-state index in [1.807, 2.05) is 63.2 Å². The van der Waals surface area contributed by atoms with Gasteiger partial charge in [0.25, 0.3) is 5.91 Å². The second kappa shape index (κ2) is 9.08. The molecule has 5 nitrogen and oxygen atoms in total. The number of rotatable bonds is 7. The number of nitrogens with one attached hydrogen (secondary N) is 1. The van der Waals surface area contributed by atoms with Gasteiger partial charge in [-0.2, -0.15) is 5.10 Å². The summed E-state index contributed by atoms with van der Waals surface area (Å²) < 4.78 is 5.41. The molecule has 0 aliphatic rings. The largest absolute Gasteiger partial charge is 0.494 e.